The molecule has 7 nitrogen and oxygen atoms in total. The van der Waals surface area contributed by atoms with Crippen LogP contribution in [-0.4, -0.2) is 74.6 Å². The van der Waals surface area contributed by atoms with Crippen LogP contribution in [0.3, 0.4) is 0 Å². The molecule has 3 aliphatic heterocycles. The van der Waals surface area contributed by atoms with Crippen molar-refractivity contribution in [2.24, 2.45) is 0 Å². The lowest BCUT2D eigenvalue weighted by atomic mass is 10.0. The summed E-state index contributed by atoms with van der Waals surface area (Å²) < 4.78 is 11.1. The fraction of sp³-hybridized carbons (Fsp3) is 0.433. The summed E-state index contributed by atoms with van der Waals surface area (Å²) in [5.74, 6) is 0. The van der Waals surface area contributed by atoms with E-state index in [4.69, 9.17) is 9.47 Å². The number of fused-ring (bicyclic) bond motifs is 2. The highest BCUT2D eigenvalue weighted by Gasteiger charge is 2.26. The van der Waals surface area contributed by atoms with Gasteiger partial charge in [0.05, 0.1) is 32.1 Å². The molecule has 3 aliphatic rings. The second-order valence-electron chi connectivity index (χ2n) is 10.3. The van der Waals surface area contributed by atoms with Crippen LogP contribution in [0, 0.1) is 0 Å². The molecular weight excluding hydrogens is 528 g/mol. The van der Waals surface area contributed by atoms with Crippen LogP contribution in [0.4, 0.5) is 11.4 Å². The average molecular weight is 565 g/mol. The second-order valence-corrected chi connectivity index (χ2v) is 12.4. The quantitative estimate of drug-likeness (QED) is 0.309. The van der Waals surface area contributed by atoms with Crippen LogP contribution in [0.2, 0.25) is 0 Å². The number of rotatable bonds is 7. The molecule has 1 aromatic heterocycles. The molecular formula is C30H36N4O3S2. The van der Waals surface area contributed by atoms with Gasteiger partial charge in [0.1, 0.15) is 0 Å². The van der Waals surface area contributed by atoms with E-state index < -0.39 is 0 Å². The molecule has 3 aromatic rings. The summed E-state index contributed by atoms with van der Waals surface area (Å²) in [4.78, 5) is 25.4. The molecule has 2 saturated heterocycles. The molecule has 0 saturated carbocycles. The van der Waals surface area contributed by atoms with Gasteiger partial charge in [-0.05, 0) is 43.7 Å². The number of ether oxygens (including phenoxy) is 2. The van der Waals surface area contributed by atoms with Crippen LogP contribution < -0.4 is 15.8 Å². The van der Waals surface area contributed by atoms with E-state index in [2.05, 4.69) is 76.4 Å². The zero-order valence-corrected chi connectivity index (χ0v) is 24.2. The van der Waals surface area contributed by atoms with Gasteiger partial charge in [-0.1, -0.05) is 42.6 Å². The van der Waals surface area contributed by atoms with Crippen molar-refractivity contribution in [3.05, 3.63) is 58.9 Å². The highest BCUT2D eigenvalue weighted by atomic mass is 32.2. The second kappa shape index (κ2) is 12.0. The minimum absolute atomic E-state index is 0.0762. The number of hydrogen-bond acceptors (Lipinski definition) is 8. The van der Waals surface area contributed by atoms with E-state index in [1.165, 1.54) is 19.6 Å². The Labute approximate surface area is 238 Å². The highest BCUT2D eigenvalue weighted by molar-refractivity contribution is 8.05. The van der Waals surface area contributed by atoms with Crippen molar-refractivity contribution in [2.45, 2.75) is 51.9 Å². The van der Waals surface area contributed by atoms with Gasteiger partial charge in [0.25, 0.3) is 0 Å². The van der Waals surface area contributed by atoms with Crippen LogP contribution in [0.1, 0.15) is 20.3 Å². The molecule has 6 rings (SSSR count). The largest absolute Gasteiger partial charge is 0.381 e. The zero-order valence-electron chi connectivity index (χ0n) is 22.6. The molecule has 9 heteroatoms. The first-order valence-corrected chi connectivity index (χ1v) is 15.5. The number of nitrogens with zero attached hydrogens (tertiary/aromatic N) is 2. The summed E-state index contributed by atoms with van der Waals surface area (Å²) in [5.41, 5.74) is 3.96. The van der Waals surface area contributed by atoms with Gasteiger partial charge >= 0.3 is 0 Å². The topological polar surface area (TPSA) is 69.8 Å². The summed E-state index contributed by atoms with van der Waals surface area (Å²) >= 11 is 3.59. The maximum absolute atomic E-state index is 12.6. The molecule has 0 radical (unpaired) electrons. The number of hydrogen-bond donors (Lipinski definition) is 2. The van der Waals surface area contributed by atoms with Crippen molar-refractivity contribution < 1.29 is 9.47 Å². The molecule has 0 aliphatic carbocycles. The number of aromatic amines is 1. The normalized spacial score (nSPS) is 19.2. The number of nitrogens with one attached hydrogen (secondary N) is 2. The number of aromatic nitrogens is 1. The molecule has 2 N–H and O–H groups in total. The molecule has 4 heterocycles. The van der Waals surface area contributed by atoms with Gasteiger partial charge in [0.2, 0.25) is 5.56 Å². The van der Waals surface area contributed by atoms with Gasteiger partial charge in [-0.15, -0.1) is 0 Å². The highest BCUT2D eigenvalue weighted by Crippen LogP contribution is 2.52. The SMILES string of the molecule is CC[C@@H](C(C)Nc1ccc2c(c1)Sc1cccc(-c3cc(N4CCOCC4)cc(=O)[nH]3)c1S2)N1CCOCC1. The van der Waals surface area contributed by atoms with Crippen molar-refractivity contribution in [1.29, 1.82) is 0 Å². The van der Waals surface area contributed by atoms with Crippen LogP contribution in [0.25, 0.3) is 11.3 Å². The monoisotopic (exact) mass is 564 g/mol. The fourth-order valence-electron chi connectivity index (χ4n) is 5.78. The molecule has 2 atom stereocenters. The van der Waals surface area contributed by atoms with Gasteiger partial charge in [0, 0.05) is 80.8 Å². The first kappa shape index (κ1) is 26.8. The lowest BCUT2D eigenvalue weighted by molar-refractivity contribution is 0.0128. The van der Waals surface area contributed by atoms with Crippen molar-refractivity contribution in [2.75, 3.05) is 62.8 Å². The van der Waals surface area contributed by atoms with Crippen molar-refractivity contribution in [1.82, 2.24) is 9.88 Å². The third kappa shape index (κ3) is 5.88. The standard InChI is InChI=1S/C30H36N4O3S2/c1-3-25(34-11-15-37-16-12-34)20(2)31-21-7-8-26-28(17-21)38-27-6-4-5-23(30(27)39-26)24-18-22(19-29(35)32-24)33-9-13-36-14-10-33/h4-8,17-20,25,31H,3,9-16H2,1-2H3,(H,32,35)/t20?,25-/m0/s1. The Morgan fingerprint density at radius 2 is 1.69 bits per heavy atom. The van der Waals surface area contributed by atoms with E-state index in [1.807, 2.05) is 0 Å². The van der Waals surface area contributed by atoms with E-state index in [-0.39, 0.29) is 5.56 Å². The predicted molar refractivity (Wildman–Crippen MR) is 160 cm³/mol. The maximum atomic E-state index is 12.6. The van der Waals surface area contributed by atoms with E-state index >= 15 is 0 Å². The van der Waals surface area contributed by atoms with Gasteiger partial charge in [0.15, 0.2) is 0 Å². The summed E-state index contributed by atoms with van der Waals surface area (Å²) in [6, 6.07) is 17.7. The summed E-state index contributed by atoms with van der Waals surface area (Å²) in [5, 5.41) is 3.79. The van der Waals surface area contributed by atoms with Crippen LogP contribution in [0.15, 0.2) is 72.9 Å². The van der Waals surface area contributed by atoms with Crippen molar-refractivity contribution in [3.8, 4) is 11.3 Å². The Morgan fingerprint density at radius 1 is 0.923 bits per heavy atom. The first-order chi connectivity index (χ1) is 19.1. The Morgan fingerprint density at radius 3 is 2.46 bits per heavy atom. The summed E-state index contributed by atoms with van der Waals surface area (Å²) in [7, 11) is 0. The number of morpholine rings is 2. The molecule has 0 bridgehead atoms. The Hall–Kier alpha value is -2.43. The van der Waals surface area contributed by atoms with Gasteiger partial charge in [-0.2, -0.15) is 0 Å². The van der Waals surface area contributed by atoms with Crippen molar-refractivity contribution >= 4 is 34.9 Å². The zero-order chi connectivity index (χ0) is 26.8. The van der Waals surface area contributed by atoms with Crippen LogP contribution in [0.5, 0.6) is 0 Å². The van der Waals surface area contributed by atoms with Gasteiger partial charge in [-0.25, -0.2) is 0 Å². The van der Waals surface area contributed by atoms with E-state index in [0.29, 0.717) is 25.3 Å². The maximum Gasteiger partial charge on any atom is 0.250 e. The minimum atomic E-state index is -0.0762. The van der Waals surface area contributed by atoms with Crippen LogP contribution >= 0.6 is 23.5 Å². The number of H-pyrrole nitrogens is 1. The Kier molecular flexibility index (Phi) is 8.22. The summed E-state index contributed by atoms with van der Waals surface area (Å²) in [6.07, 6.45) is 1.11. The lowest BCUT2D eigenvalue weighted by Gasteiger charge is -2.38. The third-order valence-corrected chi connectivity index (χ3v) is 10.4. The number of pyridine rings is 1. The first-order valence-electron chi connectivity index (χ1n) is 13.9. The Balaban J connectivity index is 1.23. The molecule has 206 valence electrons. The molecule has 2 aromatic carbocycles. The summed E-state index contributed by atoms with van der Waals surface area (Å²) in [6.45, 7) is 11.2. The third-order valence-electron chi connectivity index (χ3n) is 7.75. The Bertz CT molecular complexity index is 1370. The van der Waals surface area contributed by atoms with E-state index in [0.717, 1.165) is 68.4 Å². The molecule has 2 fully saturated rings. The lowest BCUT2D eigenvalue weighted by Crippen LogP contribution is -2.50. The van der Waals surface area contributed by atoms with Crippen molar-refractivity contribution in [3.63, 3.8) is 0 Å². The van der Waals surface area contributed by atoms with Gasteiger partial charge in [-0.3, -0.25) is 9.69 Å². The average Bonchev–Trinajstić information content (AvgIpc) is 2.97. The minimum Gasteiger partial charge on any atom is -0.381 e. The van der Waals surface area contributed by atoms with E-state index in [9.17, 15) is 4.79 Å². The van der Waals surface area contributed by atoms with Crippen LogP contribution in [-0.2, 0) is 9.47 Å². The number of benzene rings is 2. The number of anilines is 2. The molecule has 0 amide bonds. The molecule has 1 unspecified atom stereocenters. The fourth-order valence-corrected chi connectivity index (χ4v) is 8.19. The predicted octanol–water partition coefficient (Wildman–Crippen LogP) is 5.41. The smallest absolute Gasteiger partial charge is 0.250 e. The molecule has 39 heavy (non-hydrogen) atoms. The van der Waals surface area contributed by atoms with Gasteiger partial charge < -0.3 is 24.7 Å². The molecule has 0 spiro atoms. The van der Waals surface area contributed by atoms with E-state index in [1.54, 1.807) is 29.6 Å².